The highest BCUT2D eigenvalue weighted by Gasteiger charge is 2.15. The fourth-order valence-corrected chi connectivity index (χ4v) is 3.38. The van der Waals surface area contributed by atoms with Crippen LogP contribution < -0.4 is 5.32 Å². The van der Waals surface area contributed by atoms with Gasteiger partial charge in [-0.3, -0.25) is 4.79 Å². The summed E-state index contributed by atoms with van der Waals surface area (Å²) >= 11 is 0. The van der Waals surface area contributed by atoms with Crippen molar-refractivity contribution in [3.8, 4) is 0 Å². The van der Waals surface area contributed by atoms with Crippen LogP contribution in [0.1, 0.15) is 47.8 Å². The molecule has 4 nitrogen and oxygen atoms in total. The SMILES string of the molecule is CCc1[nH]c2ccc(C(=O)NCCCC3CCOC3)cc2c1C. The number of rotatable bonds is 6. The number of carbonyl (C=O) groups is 1. The van der Waals surface area contributed by atoms with Gasteiger partial charge in [0.25, 0.3) is 5.91 Å². The quantitative estimate of drug-likeness (QED) is 0.801. The molecule has 4 heteroatoms. The van der Waals surface area contributed by atoms with E-state index in [1.807, 2.05) is 18.2 Å². The van der Waals surface area contributed by atoms with Crippen molar-refractivity contribution in [2.75, 3.05) is 19.8 Å². The summed E-state index contributed by atoms with van der Waals surface area (Å²) in [5.41, 5.74) is 4.35. The number of aromatic amines is 1. The van der Waals surface area contributed by atoms with Gasteiger partial charge in [-0.05, 0) is 62.3 Å². The molecular formula is C19H26N2O2. The maximum absolute atomic E-state index is 12.3. The second-order valence-corrected chi connectivity index (χ2v) is 6.47. The summed E-state index contributed by atoms with van der Waals surface area (Å²) in [6.45, 7) is 6.77. The summed E-state index contributed by atoms with van der Waals surface area (Å²) in [5, 5.41) is 4.19. The number of ether oxygens (including phenoxy) is 1. The van der Waals surface area contributed by atoms with E-state index >= 15 is 0 Å². The number of hydrogen-bond acceptors (Lipinski definition) is 2. The highest BCUT2D eigenvalue weighted by molar-refractivity contribution is 5.99. The van der Waals surface area contributed by atoms with Crippen molar-refractivity contribution in [2.45, 2.75) is 39.5 Å². The minimum atomic E-state index is 0.0215. The molecular weight excluding hydrogens is 288 g/mol. The Balaban J connectivity index is 1.58. The molecule has 2 N–H and O–H groups in total. The third-order valence-corrected chi connectivity index (χ3v) is 4.88. The average Bonchev–Trinajstić information content (AvgIpc) is 3.19. The molecule has 1 fully saturated rings. The van der Waals surface area contributed by atoms with Gasteiger partial charge in [0.15, 0.2) is 0 Å². The van der Waals surface area contributed by atoms with Crippen molar-refractivity contribution in [3.63, 3.8) is 0 Å². The number of H-pyrrole nitrogens is 1. The van der Waals surface area contributed by atoms with Crippen LogP contribution in [0.25, 0.3) is 10.9 Å². The number of hydrogen-bond donors (Lipinski definition) is 2. The van der Waals surface area contributed by atoms with E-state index in [0.29, 0.717) is 5.92 Å². The zero-order valence-electron chi connectivity index (χ0n) is 14.1. The molecule has 1 amide bonds. The highest BCUT2D eigenvalue weighted by Crippen LogP contribution is 2.23. The molecule has 2 aromatic rings. The van der Waals surface area contributed by atoms with Crippen molar-refractivity contribution in [3.05, 3.63) is 35.0 Å². The molecule has 1 atom stereocenters. The zero-order valence-corrected chi connectivity index (χ0v) is 14.1. The van der Waals surface area contributed by atoms with Crippen molar-refractivity contribution >= 4 is 16.8 Å². The number of nitrogens with one attached hydrogen (secondary N) is 2. The van der Waals surface area contributed by atoms with Crippen molar-refractivity contribution in [2.24, 2.45) is 5.92 Å². The molecule has 23 heavy (non-hydrogen) atoms. The lowest BCUT2D eigenvalue weighted by atomic mass is 10.0. The number of amides is 1. The van der Waals surface area contributed by atoms with Crippen LogP contribution in [0.15, 0.2) is 18.2 Å². The van der Waals surface area contributed by atoms with E-state index in [1.165, 1.54) is 11.3 Å². The van der Waals surface area contributed by atoms with Gasteiger partial charge in [-0.2, -0.15) is 0 Å². The van der Waals surface area contributed by atoms with Crippen LogP contribution in [0.3, 0.4) is 0 Å². The minimum Gasteiger partial charge on any atom is -0.381 e. The second-order valence-electron chi connectivity index (χ2n) is 6.47. The Morgan fingerprint density at radius 2 is 2.30 bits per heavy atom. The van der Waals surface area contributed by atoms with Gasteiger partial charge in [0.05, 0.1) is 0 Å². The minimum absolute atomic E-state index is 0.0215. The molecule has 1 unspecified atom stereocenters. The van der Waals surface area contributed by atoms with Gasteiger partial charge in [-0.25, -0.2) is 0 Å². The molecule has 1 aliphatic heterocycles. The monoisotopic (exact) mass is 314 g/mol. The third-order valence-electron chi connectivity index (χ3n) is 4.88. The molecule has 1 saturated heterocycles. The van der Waals surface area contributed by atoms with Gasteiger partial charge in [0.1, 0.15) is 0 Å². The molecule has 0 spiro atoms. The summed E-state index contributed by atoms with van der Waals surface area (Å²) in [6.07, 6.45) is 4.30. The van der Waals surface area contributed by atoms with Crippen LogP contribution in [-0.2, 0) is 11.2 Å². The van der Waals surface area contributed by atoms with Crippen LogP contribution in [-0.4, -0.2) is 30.6 Å². The van der Waals surface area contributed by atoms with E-state index < -0.39 is 0 Å². The molecule has 2 heterocycles. The summed E-state index contributed by atoms with van der Waals surface area (Å²) in [4.78, 5) is 15.7. The van der Waals surface area contributed by atoms with E-state index in [0.717, 1.165) is 61.9 Å². The van der Waals surface area contributed by atoms with Crippen LogP contribution in [0.4, 0.5) is 0 Å². The highest BCUT2D eigenvalue weighted by atomic mass is 16.5. The van der Waals surface area contributed by atoms with Crippen molar-refractivity contribution < 1.29 is 9.53 Å². The van der Waals surface area contributed by atoms with Gasteiger partial charge in [-0.1, -0.05) is 6.92 Å². The number of carbonyl (C=O) groups excluding carboxylic acids is 1. The second kappa shape index (κ2) is 7.18. The predicted molar refractivity (Wildman–Crippen MR) is 92.9 cm³/mol. The van der Waals surface area contributed by atoms with Gasteiger partial charge >= 0.3 is 0 Å². The molecule has 124 valence electrons. The van der Waals surface area contributed by atoms with Gasteiger partial charge in [-0.15, -0.1) is 0 Å². The lowest BCUT2D eigenvalue weighted by Gasteiger charge is -2.08. The van der Waals surface area contributed by atoms with Crippen molar-refractivity contribution in [1.29, 1.82) is 0 Å². The first-order chi connectivity index (χ1) is 11.2. The Hall–Kier alpha value is -1.81. The topological polar surface area (TPSA) is 54.1 Å². The molecule has 0 bridgehead atoms. The number of benzene rings is 1. The lowest BCUT2D eigenvalue weighted by molar-refractivity contribution is 0.0952. The molecule has 1 aliphatic rings. The maximum atomic E-state index is 12.3. The fraction of sp³-hybridized carbons (Fsp3) is 0.526. The number of aryl methyl sites for hydroxylation is 2. The summed E-state index contributed by atoms with van der Waals surface area (Å²) in [5.74, 6) is 0.700. The third kappa shape index (κ3) is 3.58. The Labute approximate surface area is 137 Å². The number of aromatic nitrogens is 1. The first-order valence-electron chi connectivity index (χ1n) is 8.66. The Morgan fingerprint density at radius 3 is 3.04 bits per heavy atom. The Kier molecular flexibility index (Phi) is 5.01. The van der Waals surface area contributed by atoms with Crippen LogP contribution in [0.5, 0.6) is 0 Å². The smallest absolute Gasteiger partial charge is 0.251 e. The first-order valence-corrected chi connectivity index (χ1v) is 8.66. The first kappa shape index (κ1) is 16.1. The van der Waals surface area contributed by atoms with Crippen LogP contribution in [0.2, 0.25) is 0 Å². The zero-order chi connectivity index (χ0) is 16.2. The number of fused-ring (bicyclic) bond motifs is 1. The summed E-state index contributed by atoms with van der Waals surface area (Å²) in [7, 11) is 0. The van der Waals surface area contributed by atoms with Gasteiger partial charge < -0.3 is 15.0 Å². The van der Waals surface area contributed by atoms with E-state index in [-0.39, 0.29) is 5.91 Å². The summed E-state index contributed by atoms with van der Waals surface area (Å²) < 4.78 is 5.38. The molecule has 0 radical (unpaired) electrons. The fourth-order valence-electron chi connectivity index (χ4n) is 3.38. The van der Waals surface area contributed by atoms with Crippen LogP contribution in [0, 0.1) is 12.8 Å². The maximum Gasteiger partial charge on any atom is 0.251 e. The Bertz CT molecular complexity index is 684. The van der Waals surface area contributed by atoms with Gasteiger partial charge in [0.2, 0.25) is 0 Å². The molecule has 1 aromatic carbocycles. The van der Waals surface area contributed by atoms with E-state index in [4.69, 9.17) is 4.74 Å². The molecule has 0 saturated carbocycles. The summed E-state index contributed by atoms with van der Waals surface area (Å²) in [6, 6.07) is 5.91. The molecule has 1 aromatic heterocycles. The lowest BCUT2D eigenvalue weighted by Crippen LogP contribution is -2.24. The average molecular weight is 314 g/mol. The standard InChI is InChI=1S/C19H26N2O2/c1-3-17-13(2)16-11-15(6-7-18(16)21-17)19(22)20-9-4-5-14-8-10-23-12-14/h6-7,11,14,21H,3-5,8-10,12H2,1-2H3,(H,20,22). The molecule has 3 rings (SSSR count). The molecule has 0 aliphatic carbocycles. The van der Waals surface area contributed by atoms with Crippen molar-refractivity contribution in [1.82, 2.24) is 10.3 Å². The normalized spacial score (nSPS) is 17.7. The largest absolute Gasteiger partial charge is 0.381 e. The van der Waals surface area contributed by atoms with Crippen LogP contribution >= 0.6 is 0 Å². The van der Waals surface area contributed by atoms with E-state index in [1.54, 1.807) is 0 Å². The van der Waals surface area contributed by atoms with Gasteiger partial charge in [0, 0.05) is 41.9 Å². The predicted octanol–water partition coefficient (Wildman–Crippen LogP) is 3.59. The van der Waals surface area contributed by atoms with E-state index in [9.17, 15) is 4.79 Å². The Morgan fingerprint density at radius 1 is 1.43 bits per heavy atom. The van der Waals surface area contributed by atoms with E-state index in [2.05, 4.69) is 24.1 Å².